The second kappa shape index (κ2) is 6.65. The molecule has 0 saturated carbocycles. The Kier molecular flexibility index (Phi) is 5.47. The van der Waals surface area contributed by atoms with Gasteiger partial charge in [0.1, 0.15) is 0 Å². The summed E-state index contributed by atoms with van der Waals surface area (Å²) in [6, 6.07) is 6.61. The van der Waals surface area contributed by atoms with Crippen molar-refractivity contribution in [1.29, 1.82) is 0 Å². The molecule has 0 saturated heterocycles. The predicted molar refractivity (Wildman–Crippen MR) is 65.2 cm³/mol. The molecule has 19 heavy (non-hydrogen) atoms. The molecule has 0 radical (unpaired) electrons. The number of alkyl carbamates (subject to hydrolysis) is 1. The molecule has 0 heterocycles. The number of amides is 1. The number of alkyl halides is 3. The summed E-state index contributed by atoms with van der Waals surface area (Å²) in [6.07, 6.45) is -5.13. The van der Waals surface area contributed by atoms with E-state index in [0.29, 0.717) is 11.4 Å². The van der Waals surface area contributed by atoms with Gasteiger partial charge in [0, 0.05) is 11.1 Å². The minimum absolute atomic E-state index is 0.345. The Morgan fingerprint density at radius 2 is 1.95 bits per heavy atom. The van der Waals surface area contributed by atoms with E-state index in [4.69, 9.17) is 11.6 Å². The first-order valence-corrected chi connectivity index (χ1v) is 5.88. The Balaban J connectivity index is 2.36. The van der Waals surface area contributed by atoms with Gasteiger partial charge >= 0.3 is 12.3 Å². The van der Waals surface area contributed by atoms with Gasteiger partial charge in [-0.3, -0.25) is 0 Å². The molecule has 0 aliphatic carbocycles. The Morgan fingerprint density at radius 3 is 2.47 bits per heavy atom. The highest BCUT2D eigenvalue weighted by atomic mass is 35.5. The second-order valence-corrected chi connectivity index (χ2v) is 4.50. The molecule has 3 nitrogen and oxygen atoms in total. The molecular weight excluding hydrogens is 283 g/mol. The van der Waals surface area contributed by atoms with Crippen LogP contribution < -0.4 is 5.32 Å². The summed E-state index contributed by atoms with van der Waals surface area (Å²) < 4.78 is 39.5. The van der Waals surface area contributed by atoms with Crippen LogP contribution in [0.4, 0.5) is 18.0 Å². The lowest BCUT2D eigenvalue weighted by Crippen LogP contribution is -2.36. The van der Waals surface area contributed by atoms with E-state index < -0.39 is 18.9 Å². The summed E-state index contributed by atoms with van der Waals surface area (Å²) in [5.74, 6) is 0. The molecule has 106 valence electrons. The Morgan fingerprint density at radius 1 is 1.37 bits per heavy atom. The van der Waals surface area contributed by atoms with E-state index in [-0.39, 0.29) is 6.04 Å². The number of carbonyl (C=O) groups excluding carboxylic acids is 1. The summed E-state index contributed by atoms with van der Waals surface area (Å²) in [6.45, 7) is 0.0793. The molecule has 1 unspecified atom stereocenters. The monoisotopic (exact) mass is 295 g/mol. The van der Waals surface area contributed by atoms with Crippen molar-refractivity contribution in [1.82, 2.24) is 5.32 Å². The fraction of sp³-hybridized carbons (Fsp3) is 0.417. The first kappa shape index (κ1) is 15.6. The molecule has 0 aliphatic rings. The van der Waals surface area contributed by atoms with Gasteiger partial charge < -0.3 is 10.1 Å². The van der Waals surface area contributed by atoms with Crippen LogP contribution in [0, 0.1) is 0 Å². The third-order valence-corrected chi connectivity index (χ3v) is 2.44. The topological polar surface area (TPSA) is 38.3 Å². The van der Waals surface area contributed by atoms with Crippen molar-refractivity contribution in [2.75, 3.05) is 6.61 Å². The molecule has 1 N–H and O–H groups in total. The fourth-order valence-electron chi connectivity index (χ4n) is 1.42. The Bertz CT molecular complexity index is 420. The minimum atomic E-state index is -4.52. The third-order valence-electron chi connectivity index (χ3n) is 2.19. The van der Waals surface area contributed by atoms with E-state index in [1.807, 2.05) is 0 Å². The standard InChI is InChI=1S/C12H13ClF3NO2/c1-8(6-9-2-4-10(13)5-3-9)17-11(18)19-7-12(14,15)16/h2-5,8H,6-7H2,1H3,(H,17,18). The SMILES string of the molecule is CC(Cc1ccc(Cl)cc1)NC(=O)OCC(F)(F)F. The summed E-state index contributed by atoms with van der Waals surface area (Å²) in [5, 5.41) is 2.91. The van der Waals surface area contributed by atoms with Gasteiger partial charge in [0.05, 0.1) is 0 Å². The molecule has 0 aromatic heterocycles. The van der Waals surface area contributed by atoms with E-state index in [1.165, 1.54) is 0 Å². The lowest BCUT2D eigenvalue weighted by Gasteiger charge is -2.14. The van der Waals surface area contributed by atoms with Crippen LogP contribution in [0.3, 0.4) is 0 Å². The quantitative estimate of drug-likeness (QED) is 0.922. The first-order chi connectivity index (χ1) is 8.76. The van der Waals surface area contributed by atoms with Crippen LogP contribution in [-0.2, 0) is 11.2 Å². The normalized spacial score (nSPS) is 12.9. The zero-order valence-electron chi connectivity index (χ0n) is 10.1. The van der Waals surface area contributed by atoms with Gasteiger partial charge in [0.25, 0.3) is 0 Å². The van der Waals surface area contributed by atoms with Crippen LogP contribution in [0.1, 0.15) is 12.5 Å². The maximum atomic E-state index is 11.8. The van der Waals surface area contributed by atoms with Gasteiger partial charge in [-0.25, -0.2) is 4.79 Å². The van der Waals surface area contributed by atoms with E-state index in [0.717, 1.165) is 5.56 Å². The number of halogens is 4. The Hall–Kier alpha value is -1.43. The Labute approximate surface area is 113 Å². The number of hydrogen-bond acceptors (Lipinski definition) is 2. The van der Waals surface area contributed by atoms with Crippen LogP contribution in [0.25, 0.3) is 0 Å². The van der Waals surface area contributed by atoms with E-state index in [1.54, 1.807) is 31.2 Å². The average molecular weight is 296 g/mol. The van der Waals surface area contributed by atoms with Crippen LogP contribution in [0.2, 0.25) is 5.02 Å². The largest absolute Gasteiger partial charge is 0.440 e. The highest BCUT2D eigenvalue weighted by molar-refractivity contribution is 6.30. The molecule has 1 amide bonds. The number of hydrogen-bond donors (Lipinski definition) is 1. The second-order valence-electron chi connectivity index (χ2n) is 4.07. The van der Waals surface area contributed by atoms with E-state index in [9.17, 15) is 18.0 Å². The minimum Gasteiger partial charge on any atom is -0.440 e. The zero-order valence-corrected chi connectivity index (χ0v) is 10.9. The summed E-state index contributed by atoms with van der Waals surface area (Å²) >= 11 is 5.72. The first-order valence-electron chi connectivity index (χ1n) is 5.51. The molecule has 0 spiro atoms. The van der Waals surface area contributed by atoms with Crippen molar-refractivity contribution in [2.45, 2.75) is 25.6 Å². The smallest absolute Gasteiger partial charge is 0.422 e. The highest BCUT2D eigenvalue weighted by Gasteiger charge is 2.29. The maximum Gasteiger partial charge on any atom is 0.422 e. The lowest BCUT2D eigenvalue weighted by molar-refractivity contribution is -0.160. The molecule has 1 aromatic rings. The molecular formula is C12H13ClF3NO2. The van der Waals surface area contributed by atoms with Crippen LogP contribution in [0.15, 0.2) is 24.3 Å². The fourth-order valence-corrected chi connectivity index (χ4v) is 1.54. The maximum absolute atomic E-state index is 11.8. The number of carbonyl (C=O) groups is 1. The van der Waals surface area contributed by atoms with Gasteiger partial charge in [0.15, 0.2) is 6.61 Å². The molecule has 0 fully saturated rings. The number of nitrogens with one attached hydrogen (secondary N) is 1. The lowest BCUT2D eigenvalue weighted by atomic mass is 10.1. The van der Waals surface area contributed by atoms with Crippen LogP contribution in [0.5, 0.6) is 0 Å². The van der Waals surface area contributed by atoms with Crippen molar-refractivity contribution in [3.8, 4) is 0 Å². The highest BCUT2D eigenvalue weighted by Crippen LogP contribution is 2.14. The number of benzene rings is 1. The van der Waals surface area contributed by atoms with Gasteiger partial charge in [-0.1, -0.05) is 23.7 Å². The third kappa shape index (κ3) is 6.91. The summed E-state index contributed by atoms with van der Waals surface area (Å²) in [5.41, 5.74) is 0.910. The average Bonchev–Trinajstić information content (AvgIpc) is 2.29. The van der Waals surface area contributed by atoms with Crippen molar-refractivity contribution >= 4 is 17.7 Å². The zero-order chi connectivity index (χ0) is 14.5. The molecule has 0 aliphatic heterocycles. The number of rotatable bonds is 4. The molecule has 0 bridgehead atoms. The van der Waals surface area contributed by atoms with Gasteiger partial charge in [-0.05, 0) is 31.0 Å². The molecule has 1 aromatic carbocycles. The van der Waals surface area contributed by atoms with Gasteiger partial charge in [-0.15, -0.1) is 0 Å². The predicted octanol–water partition coefficient (Wildman–Crippen LogP) is 3.56. The van der Waals surface area contributed by atoms with Crippen molar-refractivity contribution in [3.05, 3.63) is 34.9 Å². The summed E-state index contributed by atoms with van der Waals surface area (Å²) in [7, 11) is 0. The van der Waals surface area contributed by atoms with Gasteiger partial charge in [-0.2, -0.15) is 13.2 Å². The van der Waals surface area contributed by atoms with Crippen molar-refractivity contribution in [2.24, 2.45) is 0 Å². The van der Waals surface area contributed by atoms with E-state index in [2.05, 4.69) is 10.1 Å². The molecule has 1 atom stereocenters. The summed E-state index contributed by atoms with van der Waals surface area (Å²) in [4.78, 5) is 11.1. The van der Waals surface area contributed by atoms with Crippen molar-refractivity contribution in [3.63, 3.8) is 0 Å². The van der Waals surface area contributed by atoms with Crippen LogP contribution >= 0.6 is 11.6 Å². The van der Waals surface area contributed by atoms with E-state index >= 15 is 0 Å². The van der Waals surface area contributed by atoms with Gasteiger partial charge in [0.2, 0.25) is 0 Å². The van der Waals surface area contributed by atoms with Crippen LogP contribution in [-0.4, -0.2) is 24.9 Å². The molecule has 1 rings (SSSR count). The number of ether oxygens (including phenoxy) is 1. The molecule has 7 heteroatoms. The van der Waals surface area contributed by atoms with Crippen molar-refractivity contribution < 1.29 is 22.7 Å².